The third-order valence-electron chi connectivity index (χ3n) is 3.03. The van der Waals surface area contributed by atoms with Crippen LogP contribution in [0, 0.1) is 30.3 Å². The molecule has 0 fully saturated rings. The SMILES string of the molecule is Cc1cc(SC#N)cc(C)c1NS(=O)(=O)c1ccc(F)cc1. The summed E-state index contributed by atoms with van der Waals surface area (Å²) in [4.78, 5) is 0.741. The van der Waals surface area contributed by atoms with Gasteiger partial charge in [0.05, 0.1) is 10.6 Å². The van der Waals surface area contributed by atoms with E-state index in [2.05, 4.69) is 4.72 Å². The molecule has 0 aliphatic rings. The van der Waals surface area contributed by atoms with Crippen LogP contribution >= 0.6 is 11.8 Å². The highest BCUT2D eigenvalue weighted by atomic mass is 32.2. The summed E-state index contributed by atoms with van der Waals surface area (Å²) in [6.07, 6.45) is 0. The van der Waals surface area contributed by atoms with Gasteiger partial charge in [0.2, 0.25) is 0 Å². The Balaban J connectivity index is 2.38. The van der Waals surface area contributed by atoms with E-state index >= 15 is 0 Å². The predicted octanol–water partition coefficient (Wildman–Crippen LogP) is 3.82. The average Bonchev–Trinajstić information content (AvgIpc) is 2.44. The highest BCUT2D eigenvalue weighted by Gasteiger charge is 2.17. The van der Waals surface area contributed by atoms with Gasteiger partial charge in [0.15, 0.2) is 0 Å². The van der Waals surface area contributed by atoms with Crippen molar-refractivity contribution < 1.29 is 12.8 Å². The Bertz CT molecular complexity index is 818. The molecule has 22 heavy (non-hydrogen) atoms. The summed E-state index contributed by atoms with van der Waals surface area (Å²) in [5.74, 6) is -0.496. The maximum atomic E-state index is 12.9. The lowest BCUT2D eigenvalue weighted by molar-refractivity contribution is 0.599. The number of nitrogens with one attached hydrogen (secondary N) is 1. The normalized spacial score (nSPS) is 11.0. The van der Waals surface area contributed by atoms with E-state index in [0.717, 1.165) is 28.8 Å². The summed E-state index contributed by atoms with van der Waals surface area (Å²) in [5.41, 5.74) is 1.89. The van der Waals surface area contributed by atoms with Crippen LogP contribution in [0.4, 0.5) is 10.1 Å². The highest BCUT2D eigenvalue weighted by Crippen LogP contribution is 2.29. The van der Waals surface area contributed by atoms with Gasteiger partial charge in [-0.2, -0.15) is 5.26 Å². The fourth-order valence-electron chi connectivity index (χ4n) is 2.00. The Morgan fingerprint density at radius 3 is 2.18 bits per heavy atom. The molecule has 0 unspecified atom stereocenters. The largest absolute Gasteiger partial charge is 0.279 e. The minimum Gasteiger partial charge on any atom is -0.279 e. The molecule has 0 aromatic heterocycles. The Hall–Kier alpha value is -2.04. The van der Waals surface area contributed by atoms with Gasteiger partial charge in [0.25, 0.3) is 10.0 Å². The molecule has 0 atom stereocenters. The van der Waals surface area contributed by atoms with Crippen molar-refractivity contribution in [2.24, 2.45) is 0 Å². The zero-order valence-electron chi connectivity index (χ0n) is 11.9. The van der Waals surface area contributed by atoms with Gasteiger partial charge >= 0.3 is 0 Å². The van der Waals surface area contributed by atoms with Crippen molar-refractivity contribution in [2.75, 3.05) is 4.72 Å². The fraction of sp³-hybridized carbons (Fsp3) is 0.133. The molecular formula is C15H13FN2O2S2. The third-order valence-corrected chi connectivity index (χ3v) is 4.96. The van der Waals surface area contributed by atoms with Crippen LogP contribution in [0.1, 0.15) is 11.1 Å². The summed E-state index contributed by atoms with van der Waals surface area (Å²) < 4.78 is 40.1. The van der Waals surface area contributed by atoms with Crippen molar-refractivity contribution in [3.05, 3.63) is 53.3 Å². The van der Waals surface area contributed by atoms with Crippen LogP contribution in [0.25, 0.3) is 0 Å². The van der Waals surface area contributed by atoms with Crippen molar-refractivity contribution in [3.8, 4) is 5.40 Å². The molecule has 2 aromatic rings. The lowest BCUT2D eigenvalue weighted by Crippen LogP contribution is -2.14. The van der Waals surface area contributed by atoms with Crippen LogP contribution in [-0.2, 0) is 10.0 Å². The van der Waals surface area contributed by atoms with Gasteiger partial charge in [-0.25, -0.2) is 12.8 Å². The van der Waals surface area contributed by atoms with Gasteiger partial charge in [-0.15, -0.1) is 0 Å². The molecule has 2 rings (SSSR count). The summed E-state index contributed by atoms with van der Waals surface area (Å²) in [5, 5.41) is 10.7. The van der Waals surface area contributed by atoms with E-state index in [1.807, 2.05) is 5.40 Å². The number of anilines is 1. The van der Waals surface area contributed by atoms with Gasteiger partial charge in [-0.05, 0) is 73.1 Å². The number of halogens is 1. The minimum absolute atomic E-state index is 0.0109. The quantitative estimate of drug-likeness (QED) is 0.681. The second kappa shape index (κ2) is 6.38. The van der Waals surface area contributed by atoms with Gasteiger partial charge in [0.1, 0.15) is 11.2 Å². The van der Waals surface area contributed by atoms with Crippen LogP contribution in [0.15, 0.2) is 46.2 Å². The van der Waals surface area contributed by atoms with E-state index in [-0.39, 0.29) is 4.90 Å². The van der Waals surface area contributed by atoms with Crippen LogP contribution < -0.4 is 4.72 Å². The van der Waals surface area contributed by atoms with Gasteiger partial charge in [-0.1, -0.05) is 0 Å². The maximum absolute atomic E-state index is 12.9. The molecule has 0 aliphatic carbocycles. The number of nitriles is 1. The Kier molecular flexibility index (Phi) is 4.74. The molecule has 0 heterocycles. The van der Waals surface area contributed by atoms with E-state index in [0.29, 0.717) is 16.8 Å². The number of nitrogens with zero attached hydrogens (tertiary/aromatic N) is 1. The molecule has 7 heteroatoms. The number of aryl methyl sites for hydroxylation is 2. The number of rotatable bonds is 4. The fourth-order valence-corrected chi connectivity index (χ4v) is 3.78. The monoisotopic (exact) mass is 336 g/mol. The van der Waals surface area contributed by atoms with Crippen LogP contribution in [0.3, 0.4) is 0 Å². The Morgan fingerprint density at radius 1 is 1.14 bits per heavy atom. The van der Waals surface area contributed by atoms with E-state index in [9.17, 15) is 12.8 Å². The lowest BCUT2D eigenvalue weighted by atomic mass is 10.1. The minimum atomic E-state index is -3.79. The van der Waals surface area contributed by atoms with Crippen LogP contribution in [-0.4, -0.2) is 8.42 Å². The van der Waals surface area contributed by atoms with Crippen molar-refractivity contribution in [1.82, 2.24) is 0 Å². The van der Waals surface area contributed by atoms with E-state index in [1.165, 1.54) is 12.1 Å². The first-order valence-corrected chi connectivity index (χ1v) is 8.59. The molecule has 0 spiro atoms. The number of benzene rings is 2. The van der Waals surface area contributed by atoms with E-state index in [4.69, 9.17) is 5.26 Å². The Labute approximate surface area is 133 Å². The smallest absolute Gasteiger partial charge is 0.261 e. The van der Waals surface area contributed by atoms with Crippen LogP contribution in [0.5, 0.6) is 0 Å². The maximum Gasteiger partial charge on any atom is 0.261 e. The number of thioether (sulfide) groups is 1. The molecule has 114 valence electrons. The average molecular weight is 336 g/mol. The first-order valence-electron chi connectivity index (χ1n) is 6.29. The van der Waals surface area contributed by atoms with Crippen molar-refractivity contribution in [3.63, 3.8) is 0 Å². The predicted molar refractivity (Wildman–Crippen MR) is 84.6 cm³/mol. The van der Waals surface area contributed by atoms with E-state index in [1.54, 1.807) is 26.0 Å². The first-order chi connectivity index (χ1) is 10.3. The summed E-state index contributed by atoms with van der Waals surface area (Å²) in [6, 6.07) is 8.10. The van der Waals surface area contributed by atoms with Gasteiger partial charge in [-0.3, -0.25) is 4.72 Å². The van der Waals surface area contributed by atoms with E-state index < -0.39 is 15.8 Å². The number of hydrogen-bond acceptors (Lipinski definition) is 4. The summed E-state index contributed by atoms with van der Waals surface area (Å²) >= 11 is 1.01. The standard InChI is InChI=1S/C15H13FN2O2S2/c1-10-7-13(21-9-17)8-11(2)15(10)18-22(19,20)14-5-3-12(16)4-6-14/h3-8,18H,1-2H3. The molecule has 0 aliphatic heterocycles. The second-order valence-corrected chi connectivity index (χ2v) is 7.23. The van der Waals surface area contributed by atoms with Gasteiger partial charge in [0, 0.05) is 4.90 Å². The molecule has 0 bridgehead atoms. The zero-order valence-corrected chi connectivity index (χ0v) is 13.6. The molecule has 0 amide bonds. The number of thiocyanates is 1. The zero-order chi connectivity index (χ0) is 16.3. The molecule has 2 aromatic carbocycles. The molecule has 0 saturated heterocycles. The third kappa shape index (κ3) is 3.59. The van der Waals surface area contributed by atoms with Crippen molar-refractivity contribution in [1.29, 1.82) is 5.26 Å². The topological polar surface area (TPSA) is 70.0 Å². The molecular weight excluding hydrogens is 323 g/mol. The molecule has 4 nitrogen and oxygen atoms in total. The number of hydrogen-bond donors (Lipinski definition) is 1. The summed E-state index contributed by atoms with van der Waals surface area (Å²) in [6.45, 7) is 3.52. The second-order valence-electron chi connectivity index (χ2n) is 4.68. The number of sulfonamides is 1. The van der Waals surface area contributed by atoms with Crippen molar-refractivity contribution >= 4 is 27.5 Å². The lowest BCUT2D eigenvalue weighted by Gasteiger charge is -2.14. The van der Waals surface area contributed by atoms with Crippen molar-refractivity contribution in [2.45, 2.75) is 23.6 Å². The van der Waals surface area contributed by atoms with Gasteiger partial charge < -0.3 is 0 Å². The first kappa shape index (κ1) is 16.3. The molecule has 1 N–H and O–H groups in total. The molecule has 0 saturated carbocycles. The highest BCUT2D eigenvalue weighted by molar-refractivity contribution is 8.03. The van der Waals surface area contributed by atoms with Crippen LogP contribution in [0.2, 0.25) is 0 Å². The molecule has 0 radical (unpaired) electrons. The Morgan fingerprint density at radius 2 is 1.68 bits per heavy atom. The summed E-state index contributed by atoms with van der Waals surface area (Å²) in [7, 11) is -3.79.